The number of hydrogen-bond acceptors (Lipinski definition) is 8. The molecular formula is C29H34N6O3. The van der Waals surface area contributed by atoms with Crippen LogP contribution in [0, 0.1) is 5.92 Å². The highest BCUT2D eigenvalue weighted by molar-refractivity contribution is 5.78. The van der Waals surface area contributed by atoms with Crippen molar-refractivity contribution in [1.29, 1.82) is 0 Å². The maximum atomic E-state index is 12.8. The van der Waals surface area contributed by atoms with Crippen LogP contribution in [0.15, 0.2) is 54.7 Å². The molecule has 4 aliphatic rings. The van der Waals surface area contributed by atoms with Gasteiger partial charge in [-0.15, -0.1) is 0 Å². The molecule has 0 spiro atoms. The van der Waals surface area contributed by atoms with Crippen LogP contribution in [-0.2, 0) is 16.1 Å². The van der Waals surface area contributed by atoms with Crippen molar-refractivity contribution in [3.8, 4) is 17.0 Å². The smallest absolute Gasteiger partial charge is 0.227 e. The van der Waals surface area contributed by atoms with Crippen LogP contribution in [0.5, 0.6) is 5.75 Å². The van der Waals surface area contributed by atoms with Gasteiger partial charge in [-0.05, 0) is 67.9 Å². The minimum absolute atomic E-state index is 0.0501. The van der Waals surface area contributed by atoms with Crippen LogP contribution in [0.4, 0.5) is 17.3 Å². The average molecular weight is 515 g/mol. The molecule has 9 heteroatoms. The van der Waals surface area contributed by atoms with E-state index in [1.54, 1.807) is 6.20 Å². The molecule has 1 aromatic heterocycles. The molecule has 2 N–H and O–H groups in total. The Morgan fingerprint density at radius 2 is 1.82 bits per heavy atom. The van der Waals surface area contributed by atoms with Gasteiger partial charge in [0, 0.05) is 48.7 Å². The first-order valence-electron chi connectivity index (χ1n) is 13.5. The van der Waals surface area contributed by atoms with Gasteiger partial charge in [-0.1, -0.05) is 12.1 Å². The van der Waals surface area contributed by atoms with Crippen molar-refractivity contribution in [3.63, 3.8) is 0 Å². The monoisotopic (exact) mass is 514 g/mol. The van der Waals surface area contributed by atoms with Crippen molar-refractivity contribution in [1.82, 2.24) is 20.2 Å². The highest BCUT2D eigenvalue weighted by Crippen LogP contribution is 2.30. The number of hydrogen-bond donors (Lipinski definition) is 2. The summed E-state index contributed by atoms with van der Waals surface area (Å²) >= 11 is 0. The van der Waals surface area contributed by atoms with Crippen molar-refractivity contribution in [2.45, 2.75) is 19.4 Å². The van der Waals surface area contributed by atoms with Crippen LogP contribution < -0.4 is 20.3 Å². The van der Waals surface area contributed by atoms with Crippen LogP contribution in [0.25, 0.3) is 11.3 Å². The summed E-state index contributed by atoms with van der Waals surface area (Å²) in [5.74, 6) is 1.48. The maximum Gasteiger partial charge on any atom is 0.227 e. The molecule has 8 bridgehead atoms. The Labute approximate surface area is 223 Å². The van der Waals surface area contributed by atoms with Gasteiger partial charge in [0.2, 0.25) is 11.9 Å². The summed E-state index contributed by atoms with van der Waals surface area (Å²) in [6.07, 6.45) is 3.49. The van der Waals surface area contributed by atoms with Gasteiger partial charge in [0.25, 0.3) is 0 Å². The minimum atomic E-state index is 0.0501. The fourth-order valence-electron chi connectivity index (χ4n) is 5.44. The number of carbonyl (C=O) groups is 1. The topological polar surface area (TPSA) is 91.8 Å². The lowest BCUT2D eigenvalue weighted by Gasteiger charge is -2.34. The number of morpholine rings is 1. The molecule has 0 radical (unpaired) electrons. The molecule has 0 aliphatic carbocycles. The predicted molar refractivity (Wildman–Crippen MR) is 147 cm³/mol. The van der Waals surface area contributed by atoms with Crippen LogP contribution in [0.1, 0.15) is 18.4 Å². The second-order valence-corrected chi connectivity index (χ2v) is 10.1. The lowest BCUT2D eigenvalue weighted by atomic mass is 9.95. The van der Waals surface area contributed by atoms with Crippen molar-refractivity contribution >= 4 is 23.2 Å². The molecule has 0 unspecified atom stereocenters. The third-order valence-corrected chi connectivity index (χ3v) is 7.50. The zero-order valence-electron chi connectivity index (χ0n) is 21.6. The SMILES string of the molecule is O=C1NCCOc2cccc(c2)-c2ccnc(n2)Nc2ccc(N3CCOCC3)c(c2)CN2CCC1CC2. The Morgan fingerprint density at radius 3 is 2.68 bits per heavy atom. The van der Waals surface area contributed by atoms with Gasteiger partial charge >= 0.3 is 0 Å². The molecular weight excluding hydrogens is 480 g/mol. The van der Waals surface area contributed by atoms with Crippen molar-refractivity contribution in [2.75, 3.05) is 62.8 Å². The van der Waals surface area contributed by atoms with E-state index in [4.69, 9.17) is 14.5 Å². The summed E-state index contributed by atoms with van der Waals surface area (Å²) in [5.41, 5.74) is 5.21. The fraction of sp³-hybridized carbons (Fsp3) is 0.414. The molecule has 38 heavy (non-hydrogen) atoms. The molecule has 3 aromatic rings. The Kier molecular flexibility index (Phi) is 7.37. The number of nitrogens with one attached hydrogen (secondary N) is 2. The number of piperidine rings is 1. The number of ether oxygens (including phenoxy) is 2. The highest BCUT2D eigenvalue weighted by atomic mass is 16.5. The van der Waals surface area contributed by atoms with Crippen LogP contribution in [0.2, 0.25) is 0 Å². The van der Waals surface area contributed by atoms with E-state index in [1.165, 1.54) is 11.3 Å². The first-order chi connectivity index (χ1) is 18.7. The first-order valence-corrected chi connectivity index (χ1v) is 13.5. The Balaban J connectivity index is 1.33. The average Bonchev–Trinajstić information content (AvgIpc) is 2.96. The molecule has 5 heterocycles. The quantitative estimate of drug-likeness (QED) is 0.510. The minimum Gasteiger partial charge on any atom is -0.492 e. The predicted octanol–water partition coefficient (Wildman–Crippen LogP) is 3.44. The van der Waals surface area contributed by atoms with E-state index < -0.39 is 0 Å². The van der Waals surface area contributed by atoms with Gasteiger partial charge < -0.3 is 25.0 Å². The lowest BCUT2D eigenvalue weighted by molar-refractivity contribution is -0.126. The number of nitrogens with zero attached hydrogens (tertiary/aromatic N) is 4. The van der Waals surface area contributed by atoms with E-state index in [-0.39, 0.29) is 11.8 Å². The Bertz CT molecular complexity index is 1270. The van der Waals surface area contributed by atoms with Gasteiger partial charge in [0.1, 0.15) is 12.4 Å². The number of anilines is 3. The molecule has 0 atom stereocenters. The lowest BCUT2D eigenvalue weighted by Crippen LogP contribution is -2.41. The molecule has 4 aliphatic heterocycles. The number of aromatic nitrogens is 2. The molecule has 9 nitrogen and oxygen atoms in total. The van der Waals surface area contributed by atoms with Crippen LogP contribution >= 0.6 is 0 Å². The van der Waals surface area contributed by atoms with Crippen molar-refractivity contribution in [3.05, 3.63) is 60.3 Å². The van der Waals surface area contributed by atoms with E-state index in [1.807, 2.05) is 30.3 Å². The number of fused-ring (bicyclic) bond motifs is 6. The summed E-state index contributed by atoms with van der Waals surface area (Å²) in [7, 11) is 0. The molecule has 0 saturated carbocycles. The molecule has 2 fully saturated rings. The maximum absolute atomic E-state index is 12.8. The summed E-state index contributed by atoms with van der Waals surface area (Å²) in [6, 6.07) is 16.3. The number of rotatable bonds is 1. The second kappa shape index (κ2) is 11.4. The van der Waals surface area contributed by atoms with Gasteiger partial charge in [-0.25, -0.2) is 9.97 Å². The summed E-state index contributed by atoms with van der Waals surface area (Å²) in [5, 5.41) is 6.50. The molecule has 198 valence electrons. The Hall–Kier alpha value is -3.69. The van der Waals surface area contributed by atoms with Gasteiger partial charge in [-0.3, -0.25) is 9.69 Å². The summed E-state index contributed by atoms with van der Waals surface area (Å²) < 4.78 is 11.5. The second-order valence-electron chi connectivity index (χ2n) is 10.1. The van der Waals surface area contributed by atoms with E-state index in [0.717, 1.165) is 81.5 Å². The fourth-order valence-corrected chi connectivity index (χ4v) is 5.44. The Morgan fingerprint density at radius 1 is 0.947 bits per heavy atom. The van der Waals surface area contributed by atoms with Gasteiger partial charge in [0.15, 0.2) is 0 Å². The number of carbonyl (C=O) groups excluding carboxylic acids is 1. The van der Waals surface area contributed by atoms with Gasteiger partial charge in [-0.2, -0.15) is 0 Å². The molecule has 7 rings (SSSR count). The largest absolute Gasteiger partial charge is 0.492 e. The van der Waals surface area contributed by atoms with E-state index in [2.05, 4.69) is 43.6 Å². The van der Waals surface area contributed by atoms with Crippen LogP contribution in [-0.4, -0.2) is 73.3 Å². The van der Waals surface area contributed by atoms with E-state index in [9.17, 15) is 4.79 Å². The zero-order valence-corrected chi connectivity index (χ0v) is 21.6. The van der Waals surface area contributed by atoms with E-state index in [0.29, 0.717) is 19.1 Å². The van der Waals surface area contributed by atoms with Crippen molar-refractivity contribution in [2.24, 2.45) is 5.92 Å². The molecule has 2 aromatic carbocycles. The number of amides is 1. The standard InChI is InChI=1S/C29H34N6O3/c36-28-21-7-11-34(12-8-21)20-23-18-24(4-5-27(23)35-13-16-37-17-14-35)32-29-31-9-6-26(33-29)22-2-1-3-25(19-22)38-15-10-30-28/h1-6,9,18-19,21H,7-8,10-17,20H2,(H,30,36)(H,31,32,33). The van der Waals surface area contributed by atoms with Gasteiger partial charge in [0.05, 0.1) is 25.5 Å². The summed E-state index contributed by atoms with van der Waals surface area (Å²) in [6.45, 7) is 6.78. The zero-order chi connectivity index (χ0) is 25.7. The number of benzene rings is 2. The molecule has 1 amide bonds. The van der Waals surface area contributed by atoms with Crippen molar-refractivity contribution < 1.29 is 14.3 Å². The third kappa shape index (κ3) is 5.74. The third-order valence-electron chi connectivity index (χ3n) is 7.50. The van der Waals surface area contributed by atoms with E-state index >= 15 is 0 Å². The van der Waals surface area contributed by atoms with Crippen LogP contribution in [0.3, 0.4) is 0 Å². The highest BCUT2D eigenvalue weighted by Gasteiger charge is 2.26. The first kappa shape index (κ1) is 24.6. The summed E-state index contributed by atoms with van der Waals surface area (Å²) in [4.78, 5) is 26.9. The molecule has 2 saturated heterocycles. The normalized spacial score (nSPS) is 22.1.